The second-order valence-electron chi connectivity index (χ2n) is 14.8. The van der Waals surface area contributed by atoms with Crippen LogP contribution in [0.4, 0.5) is 17.1 Å². The van der Waals surface area contributed by atoms with E-state index in [2.05, 4.69) is 21.7 Å². The van der Waals surface area contributed by atoms with Crippen LogP contribution in [0.25, 0.3) is 11.1 Å². The van der Waals surface area contributed by atoms with Crippen molar-refractivity contribution >= 4 is 60.4 Å². The third kappa shape index (κ3) is 15.0. The third-order valence-electron chi connectivity index (χ3n) is 9.73. The summed E-state index contributed by atoms with van der Waals surface area (Å²) < 4.78 is 73.3. The van der Waals surface area contributed by atoms with Gasteiger partial charge in [-0.3, -0.25) is 19.0 Å². The average molecular weight is 893 g/mol. The van der Waals surface area contributed by atoms with Gasteiger partial charge >= 0.3 is 0 Å². The van der Waals surface area contributed by atoms with E-state index in [0.717, 1.165) is 31.1 Å². The smallest absolute Gasteiger partial charge is 0.273 e. The molecule has 0 bridgehead atoms. The van der Waals surface area contributed by atoms with E-state index in [-0.39, 0.29) is 38.5 Å². The van der Waals surface area contributed by atoms with Gasteiger partial charge in [-0.05, 0) is 72.6 Å². The molecule has 0 saturated heterocycles. The number of para-hydroxylation sites is 2. The first-order valence-electron chi connectivity index (χ1n) is 20.6. The number of anilines is 3. The largest absolute Gasteiger partial charge is 0.491 e. The first-order valence-corrected chi connectivity index (χ1v) is 24.4. The summed E-state index contributed by atoms with van der Waals surface area (Å²) in [4.78, 5) is 27.6. The Kier molecular flexibility index (Phi) is 17.7. The molecule has 326 valence electrons. The number of sulfonamides is 2. The van der Waals surface area contributed by atoms with Crippen LogP contribution in [0, 0.1) is 0 Å². The van der Waals surface area contributed by atoms with Crippen molar-refractivity contribution in [3.8, 4) is 22.6 Å². The minimum atomic E-state index is -4.24. The summed E-state index contributed by atoms with van der Waals surface area (Å²) in [6.07, 6.45) is 15.1. The molecule has 5 aromatic rings. The summed E-state index contributed by atoms with van der Waals surface area (Å²) >= 11 is 6.47. The van der Waals surface area contributed by atoms with Crippen molar-refractivity contribution in [1.82, 2.24) is 0 Å². The monoisotopic (exact) mass is 891 g/mol. The maximum Gasteiger partial charge on any atom is 0.273 e. The summed E-state index contributed by atoms with van der Waals surface area (Å²) in [7, 11) is -7.81. The molecule has 15 heteroatoms. The molecule has 0 radical (unpaired) electrons. The maximum absolute atomic E-state index is 13.9. The highest BCUT2D eigenvalue weighted by Gasteiger charge is 2.33. The van der Waals surface area contributed by atoms with Crippen molar-refractivity contribution in [3.63, 3.8) is 0 Å². The molecule has 0 fully saturated rings. The van der Waals surface area contributed by atoms with Gasteiger partial charge < -0.3 is 19.2 Å². The molecular weight excluding hydrogens is 838 g/mol. The molecule has 0 saturated carbocycles. The van der Waals surface area contributed by atoms with Crippen LogP contribution in [0.5, 0.6) is 11.5 Å². The van der Waals surface area contributed by atoms with E-state index in [0.29, 0.717) is 17.9 Å². The lowest BCUT2D eigenvalue weighted by molar-refractivity contribution is -0.121. The molecule has 4 aromatic carbocycles. The van der Waals surface area contributed by atoms with Gasteiger partial charge in [-0.1, -0.05) is 132 Å². The Morgan fingerprint density at radius 1 is 0.689 bits per heavy atom. The average Bonchev–Trinajstić information content (AvgIpc) is 3.74. The van der Waals surface area contributed by atoms with E-state index in [4.69, 9.17) is 25.5 Å². The Bertz CT molecular complexity index is 2410. The SMILES string of the molecule is CCCCCCCCCCCCCCOc1ccccc1NS(=O)(=O)c1ccc(Cl)c(NC(=O)C(Oc2ccc(NS(C)(=O)=O)cc2)C(=O)c2cc(-c3ccccc3)co2)c1. The fraction of sp³-hybridized carbons (Fsp3) is 0.348. The molecule has 0 aliphatic carbocycles. The molecule has 61 heavy (non-hydrogen) atoms. The molecule has 0 aliphatic rings. The summed E-state index contributed by atoms with van der Waals surface area (Å²) in [5.41, 5.74) is 1.72. The minimum Gasteiger partial charge on any atom is -0.491 e. The number of ketones is 1. The Morgan fingerprint density at radius 3 is 1.97 bits per heavy atom. The first-order chi connectivity index (χ1) is 29.3. The molecule has 3 N–H and O–H groups in total. The molecule has 1 amide bonds. The highest BCUT2D eigenvalue weighted by atomic mass is 35.5. The van der Waals surface area contributed by atoms with E-state index in [1.807, 2.05) is 30.3 Å². The molecule has 1 aromatic heterocycles. The summed E-state index contributed by atoms with van der Waals surface area (Å²) in [6, 6.07) is 26.7. The Hall–Kier alpha value is -5.31. The van der Waals surface area contributed by atoms with Crippen molar-refractivity contribution in [1.29, 1.82) is 0 Å². The number of halogens is 1. The number of hydrogen-bond donors (Lipinski definition) is 3. The van der Waals surface area contributed by atoms with E-state index < -0.39 is 37.8 Å². The highest BCUT2D eigenvalue weighted by molar-refractivity contribution is 7.92. The van der Waals surface area contributed by atoms with Crippen LogP contribution in [0.15, 0.2) is 119 Å². The number of hydrogen-bond acceptors (Lipinski definition) is 9. The van der Waals surface area contributed by atoms with E-state index >= 15 is 0 Å². The number of nitrogens with one attached hydrogen (secondary N) is 3. The molecular formula is C46H54ClN3O9S2. The van der Waals surface area contributed by atoms with E-state index in [1.165, 1.54) is 113 Å². The lowest BCUT2D eigenvalue weighted by atomic mass is 10.1. The lowest BCUT2D eigenvalue weighted by Gasteiger charge is -2.18. The van der Waals surface area contributed by atoms with Crippen LogP contribution in [-0.2, 0) is 24.8 Å². The number of amides is 1. The lowest BCUT2D eigenvalue weighted by Crippen LogP contribution is -2.40. The number of Topliss-reactive ketones (excluding diaryl/α,β-unsaturated/α-hetero) is 1. The van der Waals surface area contributed by atoms with Gasteiger partial charge in [0.05, 0.1) is 40.4 Å². The van der Waals surface area contributed by atoms with Crippen molar-refractivity contribution in [2.24, 2.45) is 0 Å². The normalized spacial score (nSPS) is 12.0. The van der Waals surface area contributed by atoms with E-state index in [9.17, 15) is 26.4 Å². The van der Waals surface area contributed by atoms with Gasteiger partial charge in [0, 0.05) is 11.3 Å². The second kappa shape index (κ2) is 23.1. The minimum absolute atomic E-state index is 0.00907. The second-order valence-corrected chi connectivity index (χ2v) is 18.6. The zero-order chi connectivity index (χ0) is 43.7. The molecule has 12 nitrogen and oxygen atoms in total. The number of benzene rings is 4. The number of carbonyl (C=O) groups excluding carboxylic acids is 2. The van der Waals surface area contributed by atoms with Crippen LogP contribution >= 0.6 is 11.6 Å². The number of rotatable bonds is 26. The van der Waals surface area contributed by atoms with Crippen molar-refractivity contribution in [3.05, 3.63) is 120 Å². The highest BCUT2D eigenvalue weighted by Crippen LogP contribution is 2.31. The summed E-state index contributed by atoms with van der Waals surface area (Å²) in [5, 5.41) is 2.54. The van der Waals surface area contributed by atoms with Gasteiger partial charge in [-0.15, -0.1) is 0 Å². The van der Waals surface area contributed by atoms with Crippen molar-refractivity contribution < 1.29 is 40.3 Å². The van der Waals surface area contributed by atoms with Gasteiger partial charge in [0.1, 0.15) is 11.5 Å². The van der Waals surface area contributed by atoms with Crippen molar-refractivity contribution in [2.75, 3.05) is 27.6 Å². The zero-order valence-corrected chi connectivity index (χ0v) is 36.9. The fourth-order valence-electron chi connectivity index (χ4n) is 6.53. The van der Waals surface area contributed by atoms with Gasteiger partial charge in [0.2, 0.25) is 21.9 Å². The molecule has 1 atom stereocenters. The van der Waals surface area contributed by atoms with Crippen LogP contribution < -0.4 is 24.2 Å². The Labute approximate surface area is 364 Å². The van der Waals surface area contributed by atoms with Crippen LogP contribution in [0.1, 0.15) is 94.5 Å². The standard InChI is InChI=1S/C46H54ClN3O9S2/c1-3-4-5-6-7-8-9-10-11-12-13-19-30-57-42-23-18-17-22-40(42)50-61(55,56)38-28-29-39(47)41(32-38)48-46(52)45(59-37-26-24-36(25-27-37)49-60(2,53)54)44(51)43-31-35(33-58-43)34-20-15-14-16-21-34/h14-18,20-29,31-33,45,49-50H,3-13,19,30H2,1-2H3,(H,48,52). The van der Waals surface area contributed by atoms with Crippen LogP contribution in [0.3, 0.4) is 0 Å². The molecule has 1 heterocycles. The van der Waals surface area contributed by atoms with Crippen LogP contribution in [-0.4, -0.2) is 47.5 Å². The molecule has 5 rings (SSSR count). The summed E-state index contributed by atoms with van der Waals surface area (Å²) in [6.45, 7) is 2.67. The molecule has 1 unspecified atom stereocenters. The van der Waals surface area contributed by atoms with Gasteiger partial charge in [-0.2, -0.15) is 0 Å². The molecule has 0 spiro atoms. The van der Waals surface area contributed by atoms with Gasteiger partial charge in [-0.25, -0.2) is 16.8 Å². The summed E-state index contributed by atoms with van der Waals surface area (Å²) in [5.74, 6) is -1.58. The fourth-order valence-corrected chi connectivity index (χ4v) is 8.35. The first kappa shape index (κ1) is 46.8. The number of carbonyl (C=O) groups is 2. The van der Waals surface area contributed by atoms with Gasteiger partial charge in [0.15, 0.2) is 5.76 Å². The van der Waals surface area contributed by atoms with Crippen LogP contribution in [0.2, 0.25) is 5.02 Å². The Balaban J connectivity index is 1.24. The number of ether oxygens (including phenoxy) is 2. The number of furan rings is 1. The number of unbranched alkanes of at least 4 members (excludes halogenated alkanes) is 11. The zero-order valence-electron chi connectivity index (χ0n) is 34.5. The quantitative estimate of drug-likeness (QED) is 0.0278. The maximum atomic E-state index is 13.9. The Morgan fingerprint density at radius 2 is 1.31 bits per heavy atom. The third-order valence-corrected chi connectivity index (χ3v) is 12.0. The molecule has 0 aliphatic heterocycles. The van der Waals surface area contributed by atoms with Crippen molar-refractivity contribution in [2.45, 2.75) is 95.0 Å². The van der Waals surface area contributed by atoms with Gasteiger partial charge in [0.25, 0.3) is 15.9 Å². The predicted octanol–water partition coefficient (Wildman–Crippen LogP) is 11.1. The topological polar surface area (TPSA) is 170 Å². The predicted molar refractivity (Wildman–Crippen MR) is 242 cm³/mol. The van der Waals surface area contributed by atoms with E-state index in [1.54, 1.807) is 24.3 Å².